The van der Waals surface area contributed by atoms with Crippen LogP contribution in [-0.4, -0.2) is 47.1 Å². The van der Waals surface area contributed by atoms with Crippen molar-refractivity contribution in [2.45, 2.75) is 6.42 Å². The molecule has 0 atom stereocenters. The molecule has 0 bridgehead atoms. The highest BCUT2D eigenvalue weighted by Gasteiger charge is 2.22. The average Bonchev–Trinajstić information content (AvgIpc) is 2.93. The van der Waals surface area contributed by atoms with E-state index in [1.165, 1.54) is 0 Å². The molecule has 194 valence electrons. The predicted molar refractivity (Wildman–Crippen MR) is 156 cm³/mol. The van der Waals surface area contributed by atoms with Gasteiger partial charge >= 0.3 is 6.03 Å². The average molecular weight is 587 g/mol. The van der Waals surface area contributed by atoms with Gasteiger partial charge in [-0.2, -0.15) is 0 Å². The zero-order valence-corrected chi connectivity index (χ0v) is 23.2. The number of rotatable bonds is 5. The minimum absolute atomic E-state index is 0.215. The number of anilines is 2. The fourth-order valence-corrected chi connectivity index (χ4v) is 5.34. The quantitative estimate of drug-likeness (QED) is 0.260. The molecule has 3 aromatic carbocycles. The molecule has 1 N–H and O–H groups in total. The van der Waals surface area contributed by atoms with Gasteiger partial charge in [-0.1, -0.05) is 70.7 Å². The van der Waals surface area contributed by atoms with Crippen LogP contribution in [0.25, 0.3) is 11.3 Å². The number of aromatic nitrogens is 2. The standard InChI is InChI=1S/C28H23Cl4N5O/c29-21-3-1-4-22(30)20(21)17-26-33-12-11-25(34-26)18-7-9-19(10-8-18)36-13-15-37(16-14-36)28(38)35-27-23(31)5-2-6-24(27)32/h1-12H,13-17H2,(H,35,38). The third kappa shape index (κ3) is 6.00. The van der Waals surface area contributed by atoms with E-state index in [4.69, 9.17) is 51.4 Å². The Hall–Kier alpha value is -3.03. The molecule has 6 nitrogen and oxygen atoms in total. The van der Waals surface area contributed by atoms with Crippen molar-refractivity contribution in [3.8, 4) is 11.3 Å². The van der Waals surface area contributed by atoms with Crippen LogP contribution in [0.1, 0.15) is 11.4 Å². The fourth-order valence-electron chi connectivity index (χ4n) is 4.32. The number of piperazine rings is 1. The van der Waals surface area contributed by atoms with Crippen LogP contribution in [0.3, 0.4) is 0 Å². The highest BCUT2D eigenvalue weighted by molar-refractivity contribution is 6.39. The van der Waals surface area contributed by atoms with Crippen LogP contribution >= 0.6 is 46.4 Å². The molecule has 38 heavy (non-hydrogen) atoms. The number of hydrogen-bond acceptors (Lipinski definition) is 4. The summed E-state index contributed by atoms with van der Waals surface area (Å²) < 4.78 is 0. The first-order chi connectivity index (χ1) is 18.4. The Morgan fingerprint density at radius 3 is 2.03 bits per heavy atom. The lowest BCUT2D eigenvalue weighted by molar-refractivity contribution is 0.208. The van der Waals surface area contributed by atoms with E-state index in [1.807, 2.05) is 36.4 Å². The lowest BCUT2D eigenvalue weighted by Crippen LogP contribution is -2.50. The van der Waals surface area contributed by atoms with Gasteiger partial charge < -0.3 is 15.1 Å². The van der Waals surface area contributed by atoms with Crippen molar-refractivity contribution in [1.29, 1.82) is 0 Å². The molecule has 1 saturated heterocycles. The monoisotopic (exact) mass is 585 g/mol. The van der Waals surface area contributed by atoms with Crippen molar-refractivity contribution in [2.75, 3.05) is 36.4 Å². The molecule has 0 aliphatic carbocycles. The molecule has 1 fully saturated rings. The molecule has 0 saturated carbocycles. The summed E-state index contributed by atoms with van der Waals surface area (Å²) in [5.74, 6) is 0.647. The van der Waals surface area contributed by atoms with Crippen molar-refractivity contribution >= 4 is 63.8 Å². The van der Waals surface area contributed by atoms with Gasteiger partial charge in [-0.15, -0.1) is 0 Å². The topological polar surface area (TPSA) is 61.4 Å². The van der Waals surface area contributed by atoms with Crippen molar-refractivity contribution < 1.29 is 4.79 Å². The molecule has 4 aromatic rings. The summed E-state index contributed by atoms with van der Waals surface area (Å²) in [7, 11) is 0. The number of urea groups is 1. The van der Waals surface area contributed by atoms with Crippen LogP contribution in [-0.2, 0) is 6.42 Å². The summed E-state index contributed by atoms with van der Waals surface area (Å²) in [5, 5.41) is 4.85. The number of hydrogen-bond donors (Lipinski definition) is 1. The normalized spacial score (nSPS) is 13.5. The number of nitrogens with one attached hydrogen (secondary N) is 1. The SMILES string of the molecule is O=C(Nc1c(Cl)cccc1Cl)N1CCN(c2ccc(-c3ccnc(Cc4c(Cl)cccc4Cl)n3)cc2)CC1. The molecule has 5 rings (SSSR count). The van der Waals surface area contributed by atoms with E-state index in [2.05, 4.69) is 27.3 Å². The van der Waals surface area contributed by atoms with E-state index in [-0.39, 0.29) is 6.03 Å². The number of carbonyl (C=O) groups excluding carboxylic acids is 1. The van der Waals surface area contributed by atoms with E-state index in [1.54, 1.807) is 29.3 Å². The highest BCUT2D eigenvalue weighted by Crippen LogP contribution is 2.31. The van der Waals surface area contributed by atoms with E-state index >= 15 is 0 Å². The van der Waals surface area contributed by atoms with E-state index < -0.39 is 0 Å². The van der Waals surface area contributed by atoms with Crippen LogP contribution in [0, 0.1) is 0 Å². The van der Waals surface area contributed by atoms with Crippen molar-refractivity contribution in [3.63, 3.8) is 0 Å². The minimum Gasteiger partial charge on any atom is -0.368 e. The number of para-hydroxylation sites is 1. The van der Waals surface area contributed by atoms with Crippen molar-refractivity contribution in [1.82, 2.24) is 14.9 Å². The lowest BCUT2D eigenvalue weighted by Gasteiger charge is -2.36. The van der Waals surface area contributed by atoms with Crippen molar-refractivity contribution in [3.05, 3.63) is 104 Å². The third-order valence-corrected chi connectivity index (χ3v) is 7.73. The number of benzene rings is 3. The van der Waals surface area contributed by atoms with Crippen LogP contribution < -0.4 is 10.2 Å². The second kappa shape index (κ2) is 11.8. The second-order valence-corrected chi connectivity index (χ2v) is 10.4. The molecule has 0 unspecified atom stereocenters. The molecule has 1 aromatic heterocycles. The molecule has 0 spiro atoms. The molecule has 10 heteroatoms. The molecule has 1 aliphatic heterocycles. The molecular weight excluding hydrogens is 564 g/mol. The highest BCUT2D eigenvalue weighted by atomic mass is 35.5. The van der Waals surface area contributed by atoms with Crippen LogP contribution in [0.2, 0.25) is 20.1 Å². The summed E-state index contributed by atoms with van der Waals surface area (Å²) in [6, 6.07) is 20.5. The Morgan fingerprint density at radius 1 is 0.789 bits per heavy atom. The minimum atomic E-state index is -0.215. The van der Waals surface area contributed by atoms with Crippen molar-refractivity contribution in [2.24, 2.45) is 0 Å². The maximum absolute atomic E-state index is 12.7. The number of carbonyl (C=O) groups is 1. The van der Waals surface area contributed by atoms with Gasteiger partial charge in [0, 0.05) is 60.1 Å². The Bertz CT molecular complexity index is 1420. The second-order valence-electron chi connectivity index (χ2n) is 8.78. The summed E-state index contributed by atoms with van der Waals surface area (Å²) in [5.41, 5.74) is 4.13. The Balaban J connectivity index is 1.21. The summed E-state index contributed by atoms with van der Waals surface area (Å²) >= 11 is 25.0. The first-order valence-electron chi connectivity index (χ1n) is 12.0. The van der Waals surface area contributed by atoms with E-state index in [0.717, 1.165) is 22.5 Å². The van der Waals surface area contributed by atoms with Crippen LogP contribution in [0.4, 0.5) is 16.2 Å². The summed E-state index contributed by atoms with van der Waals surface area (Å²) in [6.07, 6.45) is 2.20. The molecule has 0 radical (unpaired) electrons. The van der Waals surface area contributed by atoms with Gasteiger partial charge in [0.15, 0.2) is 0 Å². The van der Waals surface area contributed by atoms with Gasteiger partial charge in [-0.05, 0) is 48.0 Å². The smallest absolute Gasteiger partial charge is 0.322 e. The van der Waals surface area contributed by atoms with Crippen LogP contribution in [0.15, 0.2) is 72.9 Å². The summed E-state index contributed by atoms with van der Waals surface area (Å²) in [6.45, 7) is 2.57. The van der Waals surface area contributed by atoms with E-state index in [9.17, 15) is 4.79 Å². The first-order valence-corrected chi connectivity index (χ1v) is 13.5. The Morgan fingerprint density at radius 2 is 1.39 bits per heavy atom. The molecule has 2 heterocycles. The number of amides is 2. The zero-order valence-electron chi connectivity index (χ0n) is 20.2. The zero-order chi connectivity index (χ0) is 26.6. The van der Waals surface area contributed by atoms with Gasteiger partial charge in [0.25, 0.3) is 0 Å². The molecular formula is C28H23Cl4N5O. The van der Waals surface area contributed by atoms with Gasteiger partial charge in [-0.3, -0.25) is 0 Å². The third-order valence-electron chi connectivity index (χ3n) is 6.39. The predicted octanol–water partition coefficient (Wildman–Crippen LogP) is 7.70. The lowest BCUT2D eigenvalue weighted by atomic mass is 10.1. The van der Waals surface area contributed by atoms with E-state index in [0.29, 0.717) is 64.2 Å². The Labute approximate surface area is 241 Å². The largest absolute Gasteiger partial charge is 0.368 e. The van der Waals surface area contributed by atoms with Gasteiger partial charge in [0.05, 0.1) is 21.4 Å². The summed E-state index contributed by atoms with van der Waals surface area (Å²) in [4.78, 5) is 25.9. The number of halogens is 4. The Kier molecular flexibility index (Phi) is 8.24. The van der Waals surface area contributed by atoms with Gasteiger partial charge in [-0.25, -0.2) is 14.8 Å². The number of nitrogens with zero attached hydrogens (tertiary/aromatic N) is 4. The van der Waals surface area contributed by atoms with Crippen LogP contribution in [0.5, 0.6) is 0 Å². The maximum atomic E-state index is 12.7. The first kappa shape index (κ1) is 26.6. The molecule has 2 amide bonds. The maximum Gasteiger partial charge on any atom is 0.322 e. The molecule has 1 aliphatic rings. The van der Waals surface area contributed by atoms with Gasteiger partial charge in [0.2, 0.25) is 0 Å². The fraction of sp³-hybridized carbons (Fsp3) is 0.179. The van der Waals surface area contributed by atoms with Gasteiger partial charge in [0.1, 0.15) is 5.82 Å².